The van der Waals surface area contributed by atoms with E-state index in [0.29, 0.717) is 16.5 Å². The average molecular weight is 299 g/mol. The van der Waals surface area contributed by atoms with E-state index in [4.69, 9.17) is 28.9 Å². The van der Waals surface area contributed by atoms with Crippen LogP contribution in [-0.2, 0) is 13.0 Å². The van der Waals surface area contributed by atoms with Gasteiger partial charge in [0.2, 0.25) is 0 Å². The predicted octanol–water partition coefficient (Wildman–Crippen LogP) is 3.24. The molecule has 6 heteroatoms. The summed E-state index contributed by atoms with van der Waals surface area (Å²) < 4.78 is 1.87. The van der Waals surface area contributed by atoms with Crippen LogP contribution in [0.15, 0.2) is 24.5 Å². The molecular weight excluding hydrogens is 283 g/mol. The van der Waals surface area contributed by atoms with Gasteiger partial charge in [-0.05, 0) is 18.1 Å². The van der Waals surface area contributed by atoms with Crippen LogP contribution in [-0.4, -0.2) is 14.8 Å². The van der Waals surface area contributed by atoms with E-state index in [1.165, 1.54) is 0 Å². The highest BCUT2D eigenvalue weighted by atomic mass is 35.5. The number of nitrogens with two attached hydrogens (primary N) is 1. The third-order valence-electron chi connectivity index (χ3n) is 2.91. The van der Waals surface area contributed by atoms with Crippen molar-refractivity contribution in [1.82, 2.24) is 14.8 Å². The van der Waals surface area contributed by atoms with E-state index >= 15 is 0 Å². The monoisotopic (exact) mass is 298 g/mol. The largest absolute Gasteiger partial charge is 0.324 e. The Morgan fingerprint density at radius 3 is 2.89 bits per heavy atom. The van der Waals surface area contributed by atoms with Gasteiger partial charge in [0.25, 0.3) is 0 Å². The highest BCUT2D eigenvalue weighted by molar-refractivity contribution is 6.42. The van der Waals surface area contributed by atoms with E-state index in [1.54, 1.807) is 12.4 Å². The lowest BCUT2D eigenvalue weighted by atomic mass is 10.0. The smallest absolute Gasteiger partial charge is 0.138 e. The normalized spacial score (nSPS) is 12.6. The van der Waals surface area contributed by atoms with Crippen LogP contribution in [0.3, 0.4) is 0 Å². The molecule has 0 aliphatic heterocycles. The lowest BCUT2D eigenvalue weighted by Gasteiger charge is -2.14. The Morgan fingerprint density at radius 2 is 2.16 bits per heavy atom. The Balaban J connectivity index is 2.18. The maximum absolute atomic E-state index is 6.20. The average Bonchev–Trinajstić information content (AvgIpc) is 2.80. The minimum absolute atomic E-state index is 0.244. The topological polar surface area (TPSA) is 56.7 Å². The van der Waals surface area contributed by atoms with Gasteiger partial charge in [-0.15, -0.1) is 0 Å². The molecule has 0 aliphatic rings. The molecule has 2 aromatic rings. The molecule has 1 unspecified atom stereocenters. The summed E-state index contributed by atoms with van der Waals surface area (Å²) in [5.41, 5.74) is 7.03. The molecule has 1 aromatic carbocycles. The van der Waals surface area contributed by atoms with Gasteiger partial charge < -0.3 is 5.73 Å². The quantitative estimate of drug-likeness (QED) is 0.922. The number of nitrogens with zero attached hydrogens (tertiary/aromatic N) is 3. The van der Waals surface area contributed by atoms with E-state index in [1.807, 2.05) is 16.8 Å². The molecule has 1 heterocycles. The molecule has 19 heavy (non-hydrogen) atoms. The van der Waals surface area contributed by atoms with Crippen molar-refractivity contribution < 1.29 is 0 Å². The van der Waals surface area contributed by atoms with Crippen LogP contribution in [0.1, 0.15) is 30.8 Å². The molecule has 1 aromatic heterocycles. The molecule has 0 saturated heterocycles. The zero-order valence-electron chi connectivity index (χ0n) is 10.7. The molecule has 0 fully saturated rings. The van der Waals surface area contributed by atoms with E-state index in [2.05, 4.69) is 17.0 Å². The fraction of sp³-hybridized carbons (Fsp3) is 0.385. The molecule has 0 saturated carbocycles. The number of hydrogen-bond acceptors (Lipinski definition) is 3. The van der Waals surface area contributed by atoms with E-state index < -0.39 is 0 Å². The van der Waals surface area contributed by atoms with Crippen molar-refractivity contribution in [1.29, 1.82) is 0 Å². The summed E-state index contributed by atoms with van der Waals surface area (Å²) in [5.74, 6) is 0.866. The Kier molecular flexibility index (Phi) is 4.80. The number of rotatable bonds is 5. The summed E-state index contributed by atoms with van der Waals surface area (Å²) in [6.45, 7) is 2.94. The van der Waals surface area contributed by atoms with Crippen LogP contribution < -0.4 is 5.73 Å². The Labute approximate surface area is 122 Å². The third kappa shape index (κ3) is 3.26. The maximum Gasteiger partial charge on any atom is 0.138 e. The van der Waals surface area contributed by atoms with Gasteiger partial charge in [-0.25, -0.2) is 4.98 Å². The van der Waals surface area contributed by atoms with Crippen molar-refractivity contribution >= 4 is 23.2 Å². The number of halogens is 2. The van der Waals surface area contributed by atoms with Gasteiger partial charge in [-0.2, -0.15) is 5.10 Å². The van der Waals surface area contributed by atoms with Crippen molar-refractivity contribution in [3.63, 3.8) is 0 Å². The van der Waals surface area contributed by atoms with Crippen LogP contribution in [0.5, 0.6) is 0 Å². The van der Waals surface area contributed by atoms with Gasteiger partial charge in [0, 0.05) is 19.0 Å². The van der Waals surface area contributed by atoms with Crippen LogP contribution in [0, 0.1) is 0 Å². The Bertz CT molecular complexity index is 553. The van der Waals surface area contributed by atoms with Gasteiger partial charge in [-0.1, -0.05) is 42.3 Å². The highest BCUT2D eigenvalue weighted by Gasteiger charge is 2.15. The molecule has 0 amide bonds. The SMILES string of the molecule is CCCn1ncnc1CC(N)c1cccc(Cl)c1Cl. The number of aromatic nitrogens is 3. The second kappa shape index (κ2) is 6.37. The minimum atomic E-state index is -0.244. The van der Waals surface area contributed by atoms with Gasteiger partial charge in [0.05, 0.1) is 10.0 Å². The first kappa shape index (κ1) is 14.3. The Morgan fingerprint density at radius 1 is 1.37 bits per heavy atom. The molecule has 0 aliphatic carbocycles. The summed E-state index contributed by atoms with van der Waals surface area (Å²) in [5, 5.41) is 5.21. The summed E-state index contributed by atoms with van der Waals surface area (Å²) in [6.07, 6.45) is 3.14. The second-order valence-corrected chi connectivity index (χ2v) is 5.14. The summed E-state index contributed by atoms with van der Waals surface area (Å²) in [6, 6.07) is 5.24. The van der Waals surface area contributed by atoms with Crippen molar-refractivity contribution in [3.8, 4) is 0 Å². The van der Waals surface area contributed by atoms with Crippen molar-refractivity contribution in [2.45, 2.75) is 32.4 Å². The molecular formula is C13H16Cl2N4. The maximum atomic E-state index is 6.20. The number of benzene rings is 1. The van der Waals surface area contributed by atoms with E-state index in [9.17, 15) is 0 Å². The summed E-state index contributed by atoms with van der Waals surface area (Å²) in [7, 11) is 0. The fourth-order valence-electron chi connectivity index (χ4n) is 1.96. The molecule has 2 rings (SSSR count). The van der Waals surface area contributed by atoms with E-state index in [-0.39, 0.29) is 6.04 Å². The third-order valence-corrected chi connectivity index (χ3v) is 3.75. The van der Waals surface area contributed by atoms with Gasteiger partial charge in [0.15, 0.2) is 0 Å². The fourth-order valence-corrected chi connectivity index (χ4v) is 2.41. The lowest BCUT2D eigenvalue weighted by Crippen LogP contribution is -2.17. The second-order valence-electron chi connectivity index (χ2n) is 4.35. The summed E-state index contributed by atoms with van der Waals surface area (Å²) in [4.78, 5) is 4.25. The van der Waals surface area contributed by atoms with Crippen LogP contribution >= 0.6 is 23.2 Å². The highest BCUT2D eigenvalue weighted by Crippen LogP contribution is 2.30. The van der Waals surface area contributed by atoms with Crippen LogP contribution in [0.4, 0.5) is 0 Å². The molecule has 0 radical (unpaired) electrons. The number of aryl methyl sites for hydroxylation is 1. The Hall–Kier alpha value is -1.10. The molecule has 0 spiro atoms. The molecule has 2 N–H and O–H groups in total. The van der Waals surface area contributed by atoms with Crippen molar-refractivity contribution in [2.24, 2.45) is 5.73 Å². The predicted molar refractivity (Wildman–Crippen MR) is 77.4 cm³/mol. The number of hydrogen-bond donors (Lipinski definition) is 1. The van der Waals surface area contributed by atoms with Crippen molar-refractivity contribution in [2.75, 3.05) is 0 Å². The van der Waals surface area contributed by atoms with Crippen molar-refractivity contribution in [3.05, 3.63) is 46.0 Å². The minimum Gasteiger partial charge on any atom is -0.324 e. The lowest BCUT2D eigenvalue weighted by molar-refractivity contribution is 0.548. The van der Waals surface area contributed by atoms with E-state index in [0.717, 1.165) is 24.4 Å². The zero-order valence-corrected chi connectivity index (χ0v) is 12.2. The van der Waals surface area contributed by atoms with Crippen LogP contribution in [0.25, 0.3) is 0 Å². The molecule has 102 valence electrons. The van der Waals surface area contributed by atoms with Gasteiger partial charge in [0.1, 0.15) is 12.2 Å². The van der Waals surface area contributed by atoms with Crippen LogP contribution in [0.2, 0.25) is 10.0 Å². The first-order valence-corrected chi connectivity index (χ1v) is 6.95. The first-order valence-electron chi connectivity index (χ1n) is 6.19. The molecule has 0 bridgehead atoms. The standard InChI is InChI=1S/C13H16Cl2N4/c1-2-6-19-12(17-8-18-19)7-11(16)9-4-3-5-10(14)13(9)15/h3-5,8,11H,2,6-7,16H2,1H3. The molecule has 4 nitrogen and oxygen atoms in total. The van der Waals surface area contributed by atoms with Gasteiger partial charge in [-0.3, -0.25) is 4.68 Å². The van der Waals surface area contributed by atoms with Gasteiger partial charge >= 0.3 is 0 Å². The first-order chi connectivity index (χ1) is 9.13. The molecule has 1 atom stereocenters. The zero-order chi connectivity index (χ0) is 13.8. The summed E-state index contributed by atoms with van der Waals surface area (Å²) >= 11 is 12.2.